The van der Waals surface area contributed by atoms with Crippen molar-refractivity contribution in [2.24, 2.45) is 41.4 Å². The molecule has 5 unspecified atom stereocenters. The number of esters is 4. The molecular formula is C41H60AcN4O19S. The van der Waals surface area contributed by atoms with Gasteiger partial charge in [-0.05, 0) is 38.5 Å². The number of aliphatic hydroxyl groups excluding tert-OH is 3. The molecule has 0 aromatic carbocycles. The molecule has 367 valence electrons. The molecule has 0 aromatic rings. The van der Waals surface area contributed by atoms with Crippen LogP contribution in [0.15, 0.2) is 0 Å². The maximum Gasteiger partial charge on any atom is 0.344 e. The zero-order valence-electron chi connectivity index (χ0n) is 39.0. The van der Waals surface area contributed by atoms with Crippen LogP contribution in [-0.2, 0) is 76.4 Å². The fourth-order valence-corrected chi connectivity index (χ4v) is 10.5. The molecule has 0 bridgehead atoms. The molecule has 66 heavy (non-hydrogen) atoms. The Bertz CT molecular complexity index is 2170. The normalized spacial score (nSPS) is 37.7. The average molecular weight is 1170 g/mol. The summed E-state index contributed by atoms with van der Waals surface area (Å²) in [7, 11) is -2.19. The second kappa shape index (κ2) is 18.9. The number of rotatable bonds is 10. The molecule has 1 radical (unpaired) electrons. The van der Waals surface area contributed by atoms with Crippen LogP contribution in [0, 0.1) is 85.5 Å². The second-order valence-electron chi connectivity index (χ2n) is 19.2. The summed E-state index contributed by atoms with van der Waals surface area (Å²) in [5.41, 5.74) is -5.35. The van der Waals surface area contributed by atoms with E-state index < -0.39 is 123 Å². The van der Waals surface area contributed by atoms with E-state index in [-0.39, 0.29) is 97.2 Å². The predicted molar refractivity (Wildman–Crippen MR) is 217 cm³/mol. The van der Waals surface area contributed by atoms with Gasteiger partial charge in [0.1, 0.15) is 18.3 Å². The van der Waals surface area contributed by atoms with Gasteiger partial charge in [0.2, 0.25) is 39.9 Å². The molecule has 8 saturated heterocycles. The number of aliphatic hydroxyl groups is 3. The van der Waals surface area contributed by atoms with Gasteiger partial charge >= 0.3 is 23.9 Å². The Kier molecular flexibility index (Phi) is 15.8. The maximum absolute atomic E-state index is 11.9. The number of nitrogens with one attached hydrogen (secondary N) is 3. The first-order valence-corrected chi connectivity index (χ1v) is 23.1. The number of ketones is 1. The number of amides is 4. The van der Waals surface area contributed by atoms with Gasteiger partial charge < -0.3 is 55.1 Å². The molecule has 15 atom stereocenters. The number of hydrogen-bond acceptors (Lipinski definition) is 19. The van der Waals surface area contributed by atoms with Gasteiger partial charge in [-0.3, -0.25) is 28.2 Å². The number of likely N-dealkylation sites (tertiary alicyclic amines) is 1. The van der Waals surface area contributed by atoms with Gasteiger partial charge in [0, 0.05) is 57.0 Å². The van der Waals surface area contributed by atoms with Crippen LogP contribution >= 0.6 is 0 Å². The Morgan fingerprint density at radius 3 is 1.47 bits per heavy atom. The zero-order chi connectivity index (χ0) is 49.6. The molecule has 23 nitrogen and oxygen atoms in total. The van der Waals surface area contributed by atoms with E-state index >= 15 is 0 Å². The van der Waals surface area contributed by atoms with Crippen molar-refractivity contribution >= 4 is 63.4 Å². The Morgan fingerprint density at radius 2 is 1.09 bits per heavy atom. The van der Waals surface area contributed by atoms with Gasteiger partial charge in [0.25, 0.3) is 16.0 Å². The minimum absolute atomic E-state index is 0. The van der Waals surface area contributed by atoms with Crippen molar-refractivity contribution in [1.29, 1.82) is 0 Å². The monoisotopic (exact) mass is 1170 g/mol. The van der Waals surface area contributed by atoms with E-state index in [1.807, 2.05) is 13.8 Å². The molecule has 0 aliphatic carbocycles. The minimum atomic E-state index is -3.75. The van der Waals surface area contributed by atoms with Crippen molar-refractivity contribution in [3.8, 4) is 0 Å². The van der Waals surface area contributed by atoms with Crippen LogP contribution in [-0.4, -0.2) is 166 Å². The van der Waals surface area contributed by atoms with Gasteiger partial charge in [-0.25, -0.2) is 19.2 Å². The summed E-state index contributed by atoms with van der Waals surface area (Å²) in [6, 6.07) is 0. The van der Waals surface area contributed by atoms with Crippen LogP contribution in [0.5, 0.6) is 0 Å². The van der Waals surface area contributed by atoms with Crippen molar-refractivity contribution in [2.75, 3.05) is 13.3 Å². The summed E-state index contributed by atoms with van der Waals surface area (Å²) in [5.74, 6) is -6.35. The molecule has 0 saturated carbocycles. The van der Waals surface area contributed by atoms with E-state index in [0.717, 1.165) is 6.26 Å². The van der Waals surface area contributed by atoms with Gasteiger partial charge in [0.05, 0.1) is 36.2 Å². The molecule has 8 aliphatic heterocycles. The second-order valence-corrected chi connectivity index (χ2v) is 20.8. The summed E-state index contributed by atoms with van der Waals surface area (Å²) in [5, 5.41) is 36.9. The van der Waals surface area contributed by atoms with E-state index in [1.165, 1.54) is 4.90 Å². The number of hydrogen-bond donors (Lipinski definition) is 6. The first-order valence-electron chi connectivity index (χ1n) is 21.3. The summed E-state index contributed by atoms with van der Waals surface area (Å²) in [4.78, 5) is 106. The zero-order valence-corrected chi connectivity index (χ0v) is 44.5. The van der Waals surface area contributed by atoms with E-state index in [0.29, 0.717) is 0 Å². The molecule has 0 aromatic heterocycles. The smallest absolute Gasteiger partial charge is 0.344 e. The first kappa shape index (κ1) is 55.3. The Morgan fingerprint density at radius 1 is 0.636 bits per heavy atom. The molecular weight excluding hydrogens is 1110 g/mol. The van der Waals surface area contributed by atoms with Gasteiger partial charge in [0.15, 0.2) is 24.1 Å². The number of fused-ring (bicyclic) bond motifs is 4. The average Bonchev–Trinajstić information content (AvgIpc) is 3.70. The summed E-state index contributed by atoms with van der Waals surface area (Å²) >= 11 is 0. The van der Waals surface area contributed by atoms with Crippen molar-refractivity contribution < 1.29 is 134 Å². The van der Waals surface area contributed by atoms with Crippen LogP contribution < -0.4 is 16.0 Å². The maximum atomic E-state index is 11.9. The van der Waals surface area contributed by atoms with E-state index in [9.17, 15) is 66.9 Å². The van der Waals surface area contributed by atoms with E-state index in [1.54, 1.807) is 69.4 Å². The number of carbonyl (C=O) groups is 9. The van der Waals surface area contributed by atoms with Crippen molar-refractivity contribution in [1.82, 2.24) is 20.9 Å². The molecule has 25 heteroatoms. The SMILES string of the molecule is CC(C)C(=O)[C@@]12NC(=O)[C@H](C)[C@@H]1OC2=O.CC(C)C(O)[C@@]12NC(=O)[C@H](O)[C@@H]1OC2=O.CC(C)C(O)[C@]12C(=O)OC1[C@@H](C)C(=O)N2C.CC(C)C(OS(C)(=O)=O)[C@@]12NC(=O)[C@H](C)C1OC2=O.[Ac]. The number of carbonyl (C=O) groups excluding carboxylic acids is 9. The quantitative estimate of drug-likeness (QED) is 0.0549. The Hall–Kier alpha value is -3.34. The molecule has 0 spiro atoms. The number of nitrogens with zero attached hydrogens (tertiary/aromatic N) is 1. The molecule has 4 amide bonds. The van der Waals surface area contributed by atoms with Crippen molar-refractivity contribution in [3.63, 3.8) is 0 Å². The van der Waals surface area contributed by atoms with Crippen LogP contribution in [0.3, 0.4) is 0 Å². The van der Waals surface area contributed by atoms with Crippen molar-refractivity contribution in [3.05, 3.63) is 0 Å². The predicted octanol–water partition coefficient (Wildman–Crippen LogP) is -3.01. The van der Waals surface area contributed by atoms with Gasteiger partial charge in [-0.2, -0.15) is 8.42 Å². The molecule has 8 aliphatic rings. The summed E-state index contributed by atoms with van der Waals surface area (Å²) in [6.07, 6.45) is -6.13. The third-order valence-corrected chi connectivity index (χ3v) is 14.0. The Labute approximate surface area is 417 Å². The fourth-order valence-electron chi connectivity index (χ4n) is 9.73. The van der Waals surface area contributed by atoms with Gasteiger partial charge in [-0.1, -0.05) is 55.4 Å². The van der Waals surface area contributed by atoms with Crippen LogP contribution in [0.4, 0.5) is 0 Å². The van der Waals surface area contributed by atoms with Gasteiger partial charge in [-0.15, -0.1) is 0 Å². The Balaban J connectivity index is 0.000000192. The van der Waals surface area contributed by atoms with E-state index in [2.05, 4.69) is 20.7 Å². The number of ether oxygens (including phenoxy) is 4. The largest absolute Gasteiger partial charge is 0.456 e. The number of Topliss-reactive ketones (excluding diaryl/α,β-unsaturated/α-hetero) is 1. The molecule has 8 fully saturated rings. The topological polar surface area (TPSA) is 334 Å². The van der Waals surface area contributed by atoms with Crippen LogP contribution in [0.25, 0.3) is 0 Å². The first-order chi connectivity index (χ1) is 29.8. The molecule has 6 N–H and O–H groups in total. The molecule has 8 heterocycles. The standard InChI is InChI=1S/C11H17NO6S.C11H17NO4.C10H13NO4.C9H13NO5.Ac/c1-5(2)7(18-19(4,15)16)11-8(17-10(11)14)6(3)9(13)12-11;1-5(2)7(13)11-8(16-10(11)15)6(3)9(14)12(11)4;1-4(2)6(12)10-7(15-9(10)14)5(3)8(13)11-10;1-3(2)5(12)9-6(15-8(9)14)4(11)7(13)10-9;/h5-8H,1-4H3,(H,12,13);5-8,13H,1-4H3;4-5,7H,1-3H3,(H,11,13);3-6,11-12H,1-2H3,(H,10,13);/t2*6-,7?,8?,11-;5-,7+,10-;4-,5?,6+,9-;/m1111./s1. The number of likely N-dealkylation sites (N-methyl/N-ethyl adjacent to an activating group) is 1. The fraction of sp³-hybridized carbons (Fsp3) is 0.780. The van der Waals surface area contributed by atoms with Crippen LogP contribution in [0.1, 0.15) is 76.2 Å². The molecule has 8 rings (SSSR count). The third kappa shape index (κ3) is 8.16. The third-order valence-electron chi connectivity index (χ3n) is 13.4. The van der Waals surface area contributed by atoms with Crippen molar-refractivity contribution in [2.45, 2.75) is 147 Å². The minimum Gasteiger partial charge on any atom is -0.456 e. The summed E-state index contributed by atoms with van der Waals surface area (Å²) < 4.78 is 47.3. The van der Waals surface area contributed by atoms with E-state index in [4.69, 9.17) is 18.4 Å². The summed E-state index contributed by atoms with van der Waals surface area (Å²) in [6.45, 7) is 19.0. The van der Waals surface area contributed by atoms with Crippen LogP contribution in [0.2, 0.25) is 0 Å².